The van der Waals surface area contributed by atoms with Gasteiger partial charge in [0.1, 0.15) is 23.9 Å². The Hall–Kier alpha value is -3.08. The molecule has 0 aliphatic carbocycles. The van der Waals surface area contributed by atoms with Crippen molar-refractivity contribution in [2.75, 3.05) is 51.4 Å². The van der Waals surface area contributed by atoms with E-state index in [-0.39, 0.29) is 11.9 Å². The highest BCUT2D eigenvalue weighted by Crippen LogP contribution is 2.38. The van der Waals surface area contributed by atoms with Gasteiger partial charge in [-0.2, -0.15) is 5.10 Å². The zero-order valence-corrected chi connectivity index (χ0v) is 18.9. The van der Waals surface area contributed by atoms with E-state index in [0.29, 0.717) is 36.8 Å². The third kappa shape index (κ3) is 3.73. The summed E-state index contributed by atoms with van der Waals surface area (Å²) in [5, 5.41) is 9.40. The number of rotatable bonds is 0. The molecule has 4 bridgehead atoms. The molecule has 2 aliphatic heterocycles. The lowest BCUT2D eigenvalue weighted by atomic mass is 10.1. The Bertz CT molecular complexity index is 1310. The molecular weight excluding hydrogens is 443 g/mol. The summed E-state index contributed by atoms with van der Waals surface area (Å²) in [6.07, 6.45) is 3.55. The largest absolute Gasteiger partial charge is 0.490 e. The molecular formula is C23H23FN6O2S. The van der Waals surface area contributed by atoms with Gasteiger partial charge < -0.3 is 19.3 Å². The van der Waals surface area contributed by atoms with Crippen molar-refractivity contribution in [2.45, 2.75) is 6.04 Å². The molecule has 170 valence electrons. The van der Waals surface area contributed by atoms with Crippen LogP contribution in [0.15, 0.2) is 36.7 Å². The Morgan fingerprint density at radius 1 is 1.18 bits per heavy atom. The third-order valence-corrected chi connectivity index (χ3v) is 7.17. The number of anilines is 1. The first-order valence-corrected chi connectivity index (χ1v) is 11.7. The number of hydrogen-bond acceptors (Lipinski definition) is 8. The van der Waals surface area contributed by atoms with Crippen molar-refractivity contribution < 1.29 is 13.9 Å². The van der Waals surface area contributed by atoms with Gasteiger partial charge in [0.25, 0.3) is 0 Å². The lowest BCUT2D eigenvalue weighted by molar-refractivity contribution is 0.0760. The van der Waals surface area contributed by atoms with Crippen LogP contribution in [0.25, 0.3) is 32.7 Å². The molecule has 4 aromatic rings. The molecule has 1 atom stereocenters. The quantitative estimate of drug-likeness (QED) is 0.425. The van der Waals surface area contributed by atoms with Gasteiger partial charge in [0.15, 0.2) is 5.13 Å². The highest BCUT2D eigenvalue weighted by molar-refractivity contribution is 7.19. The van der Waals surface area contributed by atoms with Gasteiger partial charge in [-0.1, -0.05) is 17.4 Å². The number of thiazole rings is 1. The van der Waals surface area contributed by atoms with Crippen LogP contribution in [-0.2, 0) is 4.74 Å². The number of H-pyrrole nitrogens is 1. The number of likely N-dealkylation sites (N-methyl/N-ethyl adjacent to an activating group) is 1. The summed E-state index contributed by atoms with van der Waals surface area (Å²) < 4.78 is 26.8. The molecule has 1 fully saturated rings. The van der Waals surface area contributed by atoms with Gasteiger partial charge in [-0.3, -0.25) is 10.1 Å². The number of nitrogens with one attached hydrogen (secondary N) is 1. The smallest absolute Gasteiger partial charge is 0.186 e. The number of piperazine rings is 1. The first-order valence-electron chi connectivity index (χ1n) is 10.9. The molecule has 1 aromatic carbocycles. The predicted octanol–water partition coefficient (Wildman–Crippen LogP) is 3.42. The number of fused-ring (bicyclic) bond motifs is 8. The number of pyridine rings is 1. The molecule has 0 saturated carbocycles. The first-order chi connectivity index (χ1) is 16.2. The van der Waals surface area contributed by atoms with E-state index in [1.807, 2.05) is 12.3 Å². The van der Waals surface area contributed by atoms with Gasteiger partial charge in [-0.25, -0.2) is 9.37 Å². The molecule has 6 rings (SSSR count). The summed E-state index contributed by atoms with van der Waals surface area (Å²) in [4.78, 5) is 14.8. The Kier molecular flexibility index (Phi) is 5.20. The summed E-state index contributed by atoms with van der Waals surface area (Å²) in [6.45, 7) is 4.04. The van der Waals surface area contributed by atoms with Crippen LogP contribution in [0.4, 0.5) is 9.52 Å². The zero-order chi connectivity index (χ0) is 22.4. The number of aromatic amines is 1. The number of hydrogen-bond donors (Lipinski definition) is 1. The average Bonchev–Trinajstić information content (AvgIpc) is 3.45. The van der Waals surface area contributed by atoms with Crippen molar-refractivity contribution in [2.24, 2.45) is 0 Å². The Morgan fingerprint density at radius 3 is 3.06 bits per heavy atom. The third-order valence-electron chi connectivity index (χ3n) is 6.13. The Labute approximate surface area is 194 Å². The van der Waals surface area contributed by atoms with Crippen molar-refractivity contribution in [3.8, 4) is 27.6 Å². The topological polar surface area (TPSA) is 79.4 Å². The van der Waals surface area contributed by atoms with E-state index < -0.39 is 0 Å². The van der Waals surface area contributed by atoms with Gasteiger partial charge in [-0.05, 0) is 25.2 Å². The minimum Gasteiger partial charge on any atom is -0.490 e. The lowest BCUT2D eigenvalue weighted by Crippen LogP contribution is -2.54. The van der Waals surface area contributed by atoms with Gasteiger partial charge >= 0.3 is 0 Å². The SMILES string of the molecule is CN1CCN2c3ncc(s3)-c3n[nH]c4cnc(cc34)-c3c(F)cccc3OCCOCC2C1. The first kappa shape index (κ1) is 20.5. The van der Waals surface area contributed by atoms with Crippen molar-refractivity contribution in [1.82, 2.24) is 25.1 Å². The van der Waals surface area contributed by atoms with Gasteiger partial charge in [0.05, 0.1) is 47.1 Å². The predicted molar refractivity (Wildman–Crippen MR) is 125 cm³/mol. The second-order valence-corrected chi connectivity index (χ2v) is 9.35. The maximum Gasteiger partial charge on any atom is 0.186 e. The molecule has 3 aromatic heterocycles. The molecule has 0 radical (unpaired) electrons. The highest BCUT2D eigenvalue weighted by atomic mass is 32.1. The monoisotopic (exact) mass is 466 g/mol. The minimum atomic E-state index is -0.382. The standard InChI is InChI=1S/C23H23FN6O2S/c1-29-5-6-30-14(12-29)13-31-7-8-32-19-4-2-3-16(24)21(19)17-9-15-18(10-25-17)27-28-22(15)20-11-26-23(30)33-20/h2-4,9-11,14H,5-8,12-13H2,1H3,(H,27,28). The maximum absolute atomic E-state index is 14.9. The van der Waals surface area contributed by atoms with E-state index in [2.05, 4.69) is 32.0 Å². The van der Waals surface area contributed by atoms with Gasteiger partial charge in [0, 0.05) is 31.2 Å². The minimum absolute atomic E-state index is 0.187. The summed E-state index contributed by atoms with van der Waals surface area (Å²) in [7, 11) is 2.12. The summed E-state index contributed by atoms with van der Waals surface area (Å²) in [5.74, 6) is 0.0640. The van der Waals surface area contributed by atoms with Gasteiger partial charge in [-0.15, -0.1) is 0 Å². The Morgan fingerprint density at radius 2 is 2.12 bits per heavy atom. The zero-order valence-electron chi connectivity index (χ0n) is 18.1. The molecule has 10 heteroatoms. The Balaban J connectivity index is 1.48. The van der Waals surface area contributed by atoms with Crippen molar-refractivity contribution in [3.05, 3.63) is 42.5 Å². The summed E-state index contributed by atoms with van der Waals surface area (Å²) in [5.41, 5.74) is 2.40. The summed E-state index contributed by atoms with van der Waals surface area (Å²) >= 11 is 1.61. The maximum atomic E-state index is 14.9. The second-order valence-electron chi connectivity index (χ2n) is 8.34. The molecule has 1 N–H and O–H groups in total. The fourth-order valence-electron chi connectivity index (χ4n) is 4.46. The molecule has 1 unspecified atom stereocenters. The molecule has 0 spiro atoms. The molecule has 1 saturated heterocycles. The van der Waals surface area contributed by atoms with Crippen LogP contribution in [0, 0.1) is 5.82 Å². The molecule has 5 heterocycles. The van der Waals surface area contributed by atoms with Crippen LogP contribution in [0.1, 0.15) is 0 Å². The van der Waals surface area contributed by atoms with Crippen LogP contribution in [0.5, 0.6) is 5.75 Å². The van der Waals surface area contributed by atoms with Crippen LogP contribution in [0.3, 0.4) is 0 Å². The molecule has 33 heavy (non-hydrogen) atoms. The number of ether oxygens (including phenoxy) is 2. The lowest BCUT2D eigenvalue weighted by Gasteiger charge is -2.39. The molecule has 0 amide bonds. The average molecular weight is 467 g/mol. The van der Waals surface area contributed by atoms with Crippen molar-refractivity contribution in [3.63, 3.8) is 0 Å². The fraction of sp³-hybridized carbons (Fsp3) is 0.348. The fourth-order valence-corrected chi connectivity index (χ4v) is 5.47. The highest BCUT2D eigenvalue weighted by Gasteiger charge is 2.28. The van der Waals surface area contributed by atoms with E-state index in [0.717, 1.165) is 46.2 Å². The van der Waals surface area contributed by atoms with Crippen LogP contribution in [-0.4, -0.2) is 77.6 Å². The van der Waals surface area contributed by atoms with E-state index in [4.69, 9.17) is 14.5 Å². The van der Waals surface area contributed by atoms with E-state index >= 15 is 0 Å². The summed E-state index contributed by atoms with van der Waals surface area (Å²) in [6, 6.07) is 6.87. The van der Waals surface area contributed by atoms with Crippen molar-refractivity contribution >= 4 is 27.4 Å². The normalized spacial score (nSPS) is 19.3. The van der Waals surface area contributed by atoms with Crippen LogP contribution >= 0.6 is 11.3 Å². The number of benzene rings is 1. The molecule has 8 nitrogen and oxygen atoms in total. The van der Waals surface area contributed by atoms with Crippen LogP contribution < -0.4 is 9.64 Å². The molecule has 2 aliphatic rings. The number of aromatic nitrogens is 4. The van der Waals surface area contributed by atoms with E-state index in [9.17, 15) is 4.39 Å². The van der Waals surface area contributed by atoms with Gasteiger partial charge in [0.2, 0.25) is 0 Å². The number of nitrogens with zero attached hydrogens (tertiary/aromatic N) is 5. The van der Waals surface area contributed by atoms with E-state index in [1.165, 1.54) is 6.07 Å². The number of halogens is 1. The van der Waals surface area contributed by atoms with Crippen LogP contribution in [0.2, 0.25) is 0 Å². The van der Waals surface area contributed by atoms with E-state index in [1.54, 1.807) is 29.7 Å². The van der Waals surface area contributed by atoms with Crippen molar-refractivity contribution in [1.29, 1.82) is 0 Å². The second kappa shape index (κ2) is 8.36.